The first kappa shape index (κ1) is 10.0. The predicted octanol–water partition coefficient (Wildman–Crippen LogP) is 2.52. The number of hydrogen-bond donors (Lipinski definition) is 0. The highest BCUT2D eigenvalue weighted by molar-refractivity contribution is 4.77. The minimum Gasteiger partial charge on any atom is -0.328 e. The van der Waals surface area contributed by atoms with Gasteiger partial charge >= 0.3 is 0 Å². The standard InChI is InChI=1S/C11H24N/c1-9-7-6-8-11(10(9)2)12(3,4)5/h9-11H,6-8H2,1-5H3/q+1/t9?,10-,11?/m1/s1. The Morgan fingerprint density at radius 2 is 1.58 bits per heavy atom. The van der Waals surface area contributed by atoms with Crippen molar-refractivity contribution in [1.29, 1.82) is 0 Å². The van der Waals surface area contributed by atoms with Gasteiger partial charge in [-0.1, -0.05) is 13.8 Å². The van der Waals surface area contributed by atoms with Crippen LogP contribution in [-0.2, 0) is 0 Å². The summed E-state index contributed by atoms with van der Waals surface area (Å²) in [5.41, 5.74) is 0. The lowest BCUT2D eigenvalue weighted by molar-refractivity contribution is -0.901. The van der Waals surface area contributed by atoms with Crippen LogP contribution >= 0.6 is 0 Å². The number of quaternary nitrogens is 1. The van der Waals surface area contributed by atoms with Crippen LogP contribution in [0.5, 0.6) is 0 Å². The van der Waals surface area contributed by atoms with E-state index in [-0.39, 0.29) is 0 Å². The topological polar surface area (TPSA) is 0 Å². The molecule has 12 heavy (non-hydrogen) atoms. The second-order valence-corrected chi connectivity index (χ2v) is 5.45. The van der Waals surface area contributed by atoms with Crippen molar-refractivity contribution in [2.24, 2.45) is 11.8 Å². The molecule has 0 radical (unpaired) electrons. The lowest BCUT2D eigenvalue weighted by Crippen LogP contribution is -2.51. The maximum absolute atomic E-state index is 2.43. The highest BCUT2D eigenvalue weighted by Crippen LogP contribution is 2.33. The van der Waals surface area contributed by atoms with Gasteiger partial charge in [-0.05, 0) is 25.2 Å². The summed E-state index contributed by atoms with van der Waals surface area (Å²) in [5, 5.41) is 0. The molecule has 1 aliphatic rings. The molecule has 1 saturated carbocycles. The van der Waals surface area contributed by atoms with Gasteiger partial charge in [-0.2, -0.15) is 0 Å². The Kier molecular flexibility index (Phi) is 2.82. The average molecular weight is 170 g/mol. The van der Waals surface area contributed by atoms with Gasteiger partial charge in [0.15, 0.2) is 0 Å². The maximum Gasteiger partial charge on any atom is 0.0912 e. The SMILES string of the molecule is CC1CCCC([N+](C)(C)C)[C@@H]1C. The van der Waals surface area contributed by atoms with Crippen molar-refractivity contribution in [3.8, 4) is 0 Å². The summed E-state index contributed by atoms with van der Waals surface area (Å²) in [6, 6.07) is 0.883. The molecular formula is C11H24N+. The third-order valence-corrected chi connectivity index (χ3v) is 3.66. The van der Waals surface area contributed by atoms with Crippen LogP contribution in [0.25, 0.3) is 0 Å². The molecule has 1 nitrogen and oxygen atoms in total. The highest BCUT2D eigenvalue weighted by atomic mass is 15.3. The predicted molar refractivity (Wildman–Crippen MR) is 54.0 cm³/mol. The minimum atomic E-state index is 0.883. The third kappa shape index (κ3) is 2.01. The quantitative estimate of drug-likeness (QED) is 0.530. The van der Waals surface area contributed by atoms with Crippen LogP contribution in [-0.4, -0.2) is 31.7 Å². The third-order valence-electron chi connectivity index (χ3n) is 3.66. The van der Waals surface area contributed by atoms with Crippen LogP contribution in [0.3, 0.4) is 0 Å². The Morgan fingerprint density at radius 3 is 2.00 bits per heavy atom. The van der Waals surface area contributed by atoms with E-state index in [1.54, 1.807) is 0 Å². The fourth-order valence-electron chi connectivity index (χ4n) is 2.65. The Bertz CT molecular complexity index is 146. The molecule has 2 unspecified atom stereocenters. The van der Waals surface area contributed by atoms with Gasteiger partial charge in [-0.25, -0.2) is 0 Å². The summed E-state index contributed by atoms with van der Waals surface area (Å²) in [6.45, 7) is 4.84. The van der Waals surface area contributed by atoms with E-state index in [0.29, 0.717) is 0 Å². The Balaban J connectivity index is 2.64. The van der Waals surface area contributed by atoms with Gasteiger partial charge in [0.25, 0.3) is 0 Å². The normalized spacial score (nSPS) is 38.2. The van der Waals surface area contributed by atoms with Gasteiger partial charge in [0.2, 0.25) is 0 Å². The molecule has 1 fully saturated rings. The van der Waals surface area contributed by atoms with E-state index in [9.17, 15) is 0 Å². The molecule has 0 aromatic rings. The van der Waals surface area contributed by atoms with Crippen LogP contribution in [0.15, 0.2) is 0 Å². The Morgan fingerprint density at radius 1 is 1.00 bits per heavy atom. The minimum absolute atomic E-state index is 0.883. The van der Waals surface area contributed by atoms with Crippen molar-refractivity contribution in [3.05, 3.63) is 0 Å². The lowest BCUT2D eigenvalue weighted by Gasteiger charge is -2.43. The van der Waals surface area contributed by atoms with Crippen molar-refractivity contribution in [2.45, 2.75) is 39.2 Å². The van der Waals surface area contributed by atoms with Gasteiger partial charge in [-0.15, -0.1) is 0 Å². The van der Waals surface area contributed by atoms with Crippen molar-refractivity contribution in [3.63, 3.8) is 0 Å². The smallest absolute Gasteiger partial charge is 0.0912 e. The number of nitrogens with zero attached hydrogens (tertiary/aromatic N) is 1. The van der Waals surface area contributed by atoms with Crippen LogP contribution in [0.4, 0.5) is 0 Å². The van der Waals surface area contributed by atoms with Crippen LogP contribution in [0.1, 0.15) is 33.1 Å². The van der Waals surface area contributed by atoms with E-state index < -0.39 is 0 Å². The summed E-state index contributed by atoms with van der Waals surface area (Å²) in [6.07, 6.45) is 4.30. The number of rotatable bonds is 1. The van der Waals surface area contributed by atoms with Crippen LogP contribution < -0.4 is 0 Å². The second kappa shape index (κ2) is 3.37. The summed E-state index contributed by atoms with van der Waals surface area (Å²) in [7, 11) is 7.00. The number of hydrogen-bond acceptors (Lipinski definition) is 0. The van der Waals surface area contributed by atoms with E-state index in [0.717, 1.165) is 22.4 Å². The molecule has 0 spiro atoms. The molecular weight excluding hydrogens is 146 g/mol. The zero-order valence-electron chi connectivity index (χ0n) is 9.30. The molecule has 0 aromatic carbocycles. The van der Waals surface area contributed by atoms with Gasteiger partial charge in [0, 0.05) is 5.92 Å². The summed E-state index contributed by atoms with van der Waals surface area (Å²) in [4.78, 5) is 0. The van der Waals surface area contributed by atoms with Crippen LogP contribution in [0.2, 0.25) is 0 Å². The van der Waals surface area contributed by atoms with Crippen molar-refractivity contribution >= 4 is 0 Å². The van der Waals surface area contributed by atoms with E-state index in [2.05, 4.69) is 35.0 Å². The molecule has 1 rings (SSSR count). The molecule has 0 heterocycles. The molecule has 0 bridgehead atoms. The van der Waals surface area contributed by atoms with Crippen molar-refractivity contribution < 1.29 is 4.48 Å². The molecule has 1 aliphatic carbocycles. The highest BCUT2D eigenvalue weighted by Gasteiger charge is 2.35. The summed E-state index contributed by atoms with van der Waals surface area (Å²) < 4.78 is 1.14. The molecule has 0 aromatic heterocycles. The molecule has 3 atom stereocenters. The first-order valence-corrected chi connectivity index (χ1v) is 5.24. The van der Waals surface area contributed by atoms with Gasteiger partial charge in [0.1, 0.15) is 0 Å². The van der Waals surface area contributed by atoms with E-state index >= 15 is 0 Å². The zero-order chi connectivity index (χ0) is 9.35. The first-order chi connectivity index (χ1) is 5.43. The van der Waals surface area contributed by atoms with Gasteiger partial charge < -0.3 is 4.48 Å². The van der Waals surface area contributed by atoms with E-state index in [1.165, 1.54) is 19.3 Å². The largest absolute Gasteiger partial charge is 0.328 e. The van der Waals surface area contributed by atoms with Gasteiger partial charge in [-0.3, -0.25) is 0 Å². The molecule has 0 aliphatic heterocycles. The molecule has 1 heteroatoms. The molecule has 0 amide bonds. The molecule has 0 saturated heterocycles. The van der Waals surface area contributed by atoms with Crippen LogP contribution in [0, 0.1) is 11.8 Å². The molecule has 0 N–H and O–H groups in total. The van der Waals surface area contributed by atoms with E-state index in [4.69, 9.17) is 0 Å². The zero-order valence-corrected chi connectivity index (χ0v) is 9.30. The lowest BCUT2D eigenvalue weighted by atomic mass is 9.77. The maximum atomic E-state index is 2.43. The average Bonchev–Trinajstić information content (AvgIpc) is 1.92. The monoisotopic (exact) mass is 170 g/mol. The fraction of sp³-hybridized carbons (Fsp3) is 1.00. The van der Waals surface area contributed by atoms with Crippen molar-refractivity contribution in [2.75, 3.05) is 21.1 Å². The van der Waals surface area contributed by atoms with Crippen molar-refractivity contribution in [1.82, 2.24) is 0 Å². The summed E-state index contributed by atoms with van der Waals surface area (Å²) in [5.74, 6) is 1.83. The molecule has 72 valence electrons. The second-order valence-electron chi connectivity index (χ2n) is 5.45. The first-order valence-electron chi connectivity index (χ1n) is 5.24. The summed E-state index contributed by atoms with van der Waals surface area (Å²) >= 11 is 0. The van der Waals surface area contributed by atoms with Gasteiger partial charge in [0.05, 0.1) is 27.2 Å². The Hall–Kier alpha value is -0.0400. The van der Waals surface area contributed by atoms with E-state index in [1.807, 2.05) is 0 Å². The Labute approximate surface area is 77.4 Å². The fourth-order valence-corrected chi connectivity index (χ4v) is 2.65.